The number of benzene rings is 1. The Hall–Kier alpha value is -4.08. The van der Waals surface area contributed by atoms with Crippen LogP contribution in [0, 0.1) is 0 Å². The molecule has 0 saturated carbocycles. The molecular weight excluding hydrogens is 416 g/mol. The number of ether oxygens (including phenoxy) is 1. The van der Waals surface area contributed by atoms with E-state index in [1.54, 1.807) is 50.2 Å². The Balaban J connectivity index is 1.72. The van der Waals surface area contributed by atoms with E-state index in [1.165, 1.54) is 6.26 Å². The number of imide groups is 1. The third-order valence-corrected chi connectivity index (χ3v) is 5.42. The van der Waals surface area contributed by atoms with Gasteiger partial charge in [-0.3, -0.25) is 9.69 Å². The fourth-order valence-corrected chi connectivity index (χ4v) is 3.83. The topological polar surface area (TPSA) is 130 Å². The number of amides is 5. The van der Waals surface area contributed by atoms with Crippen LogP contribution in [0.3, 0.4) is 0 Å². The molecule has 3 heterocycles. The van der Waals surface area contributed by atoms with Crippen LogP contribution in [0.15, 0.2) is 64.4 Å². The van der Waals surface area contributed by atoms with Crippen LogP contribution in [0.25, 0.3) is 0 Å². The average molecular weight is 438 g/mol. The Kier molecular flexibility index (Phi) is 5.43. The van der Waals surface area contributed by atoms with Gasteiger partial charge in [-0.2, -0.15) is 0 Å². The van der Waals surface area contributed by atoms with Crippen molar-refractivity contribution < 1.29 is 28.3 Å². The molecule has 2 aliphatic heterocycles. The highest BCUT2D eigenvalue weighted by atomic mass is 16.5. The molecule has 2 atom stereocenters. The van der Waals surface area contributed by atoms with Crippen molar-refractivity contribution in [3.05, 3.63) is 71.3 Å². The van der Waals surface area contributed by atoms with Crippen LogP contribution in [-0.2, 0) is 19.9 Å². The Morgan fingerprint density at radius 3 is 2.56 bits per heavy atom. The predicted octanol–water partition coefficient (Wildman–Crippen LogP) is 1.92. The zero-order valence-corrected chi connectivity index (χ0v) is 17.5. The van der Waals surface area contributed by atoms with Gasteiger partial charge in [-0.05, 0) is 31.5 Å². The second-order valence-electron chi connectivity index (χ2n) is 7.47. The summed E-state index contributed by atoms with van der Waals surface area (Å²) in [4.78, 5) is 52.1. The number of esters is 1. The van der Waals surface area contributed by atoms with Crippen molar-refractivity contribution in [1.29, 1.82) is 0 Å². The molecular formula is C22H22N4O6. The summed E-state index contributed by atoms with van der Waals surface area (Å²) in [5, 5.41) is 7.87. The first-order valence-electron chi connectivity index (χ1n) is 10.1. The van der Waals surface area contributed by atoms with E-state index < -0.39 is 35.5 Å². The van der Waals surface area contributed by atoms with Gasteiger partial charge in [0, 0.05) is 0 Å². The SMILES string of the molecule is CCOC(=O)C1=C(CN2C(=O)NC(C)(c3ccccc3)C2=O)NC(=O)NC1c1ccco1. The number of carbonyl (C=O) groups is 4. The van der Waals surface area contributed by atoms with Crippen LogP contribution in [0.5, 0.6) is 0 Å². The summed E-state index contributed by atoms with van der Waals surface area (Å²) in [5.41, 5.74) is -0.534. The molecule has 32 heavy (non-hydrogen) atoms. The molecule has 1 fully saturated rings. The quantitative estimate of drug-likeness (QED) is 0.467. The number of rotatable bonds is 6. The van der Waals surface area contributed by atoms with E-state index in [0.29, 0.717) is 11.3 Å². The second-order valence-corrected chi connectivity index (χ2v) is 7.47. The Morgan fingerprint density at radius 1 is 1.16 bits per heavy atom. The van der Waals surface area contributed by atoms with Gasteiger partial charge in [0.25, 0.3) is 5.91 Å². The highest BCUT2D eigenvalue weighted by Crippen LogP contribution is 2.32. The number of carbonyl (C=O) groups excluding carboxylic acids is 4. The summed E-state index contributed by atoms with van der Waals surface area (Å²) in [6, 6.07) is 9.87. The van der Waals surface area contributed by atoms with Gasteiger partial charge in [0.2, 0.25) is 0 Å². The van der Waals surface area contributed by atoms with Gasteiger partial charge in [0.15, 0.2) is 0 Å². The molecule has 1 aromatic heterocycles. The summed E-state index contributed by atoms with van der Waals surface area (Å²) in [6.07, 6.45) is 1.41. The maximum atomic E-state index is 13.3. The summed E-state index contributed by atoms with van der Waals surface area (Å²) >= 11 is 0. The molecule has 0 spiro atoms. The van der Waals surface area contributed by atoms with E-state index >= 15 is 0 Å². The van der Waals surface area contributed by atoms with Crippen molar-refractivity contribution in [3.8, 4) is 0 Å². The Bertz CT molecular complexity index is 1090. The number of urea groups is 2. The molecule has 2 unspecified atom stereocenters. The fraction of sp³-hybridized carbons (Fsp3) is 0.273. The number of furan rings is 1. The van der Waals surface area contributed by atoms with Gasteiger partial charge in [0.1, 0.15) is 17.3 Å². The van der Waals surface area contributed by atoms with Crippen molar-refractivity contribution in [3.63, 3.8) is 0 Å². The first kappa shape index (κ1) is 21.2. The number of nitrogens with zero attached hydrogens (tertiary/aromatic N) is 1. The largest absolute Gasteiger partial charge is 0.467 e. The summed E-state index contributed by atoms with van der Waals surface area (Å²) < 4.78 is 10.6. The standard InChI is InChI=1S/C22H22N4O6/c1-3-31-18(27)16-14(23-20(29)24-17(16)15-10-7-11-32-15)12-26-19(28)22(2,25-21(26)30)13-8-5-4-6-9-13/h4-11,17H,3,12H2,1-2H3,(H,25,30)(H2,23,24,29). The molecule has 2 aromatic rings. The highest BCUT2D eigenvalue weighted by molar-refractivity contribution is 6.07. The smallest absolute Gasteiger partial charge is 0.338 e. The summed E-state index contributed by atoms with van der Waals surface area (Å²) in [7, 11) is 0. The Labute approximate surface area is 183 Å². The average Bonchev–Trinajstić information content (AvgIpc) is 3.38. The molecule has 5 amide bonds. The molecule has 1 aromatic carbocycles. The second kappa shape index (κ2) is 8.22. The lowest BCUT2D eigenvalue weighted by Gasteiger charge is -2.29. The van der Waals surface area contributed by atoms with E-state index in [0.717, 1.165) is 4.90 Å². The molecule has 166 valence electrons. The van der Waals surface area contributed by atoms with Gasteiger partial charge in [-0.15, -0.1) is 0 Å². The van der Waals surface area contributed by atoms with Crippen LogP contribution < -0.4 is 16.0 Å². The van der Waals surface area contributed by atoms with E-state index in [4.69, 9.17) is 9.15 Å². The first-order chi connectivity index (χ1) is 15.3. The molecule has 10 nitrogen and oxygen atoms in total. The minimum atomic E-state index is -1.28. The molecule has 0 aliphatic carbocycles. The third-order valence-electron chi connectivity index (χ3n) is 5.42. The molecule has 10 heteroatoms. The molecule has 0 bridgehead atoms. The maximum absolute atomic E-state index is 13.3. The van der Waals surface area contributed by atoms with Crippen LogP contribution in [0.4, 0.5) is 9.59 Å². The van der Waals surface area contributed by atoms with E-state index in [1.807, 2.05) is 6.07 Å². The lowest BCUT2D eigenvalue weighted by Crippen LogP contribution is -2.49. The summed E-state index contributed by atoms with van der Waals surface area (Å²) in [5.74, 6) is -0.896. The van der Waals surface area contributed by atoms with Gasteiger partial charge in [-0.25, -0.2) is 14.4 Å². The zero-order valence-electron chi connectivity index (χ0n) is 17.5. The van der Waals surface area contributed by atoms with Gasteiger partial charge >= 0.3 is 18.0 Å². The van der Waals surface area contributed by atoms with Gasteiger partial charge in [0.05, 0.1) is 30.7 Å². The highest BCUT2D eigenvalue weighted by Gasteiger charge is 2.50. The van der Waals surface area contributed by atoms with E-state index in [2.05, 4.69) is 16.0 Å². The van der Waals surface area contributed by atoms with Gasteiger partial charge < -0.3 is 25.1 Å². The summed E-state index contributed by atoms with van der Waals surface area (Å²) in [6.45, 7) is 3.03. The molecule has 1 saturated heterocycles. The van der Waals surface area contributed by atoms with Crippen LogP contribution >= 0.6 is 0 Å². The first-order valence-corrected chi connectivity index (χ1v) is 10.1. The lowest BCUT2D eigenvalue weighted by atomic mass is 9.92. The van der Waals surface area contributed by atoms with Gasteiger partial charge in [-0.1, -0.05) is 30.3 Å². The zero-order chi connectivity index (χ0) is 22.9. The van der Waals surface area contributed by atoms with Crippen LogP contribution in [0.2, 0.25) is 0 Å². The van der Waals surface area contributed by atoms with Crippen molar-refractivity contribution >= 4 is 23.9 Å². The monoisotopic (exact) mass is 438 g/mol. The molecule has 3 N–H and O–H groups in total. The van der Waals surface area contributed by atoms with Crippen LogP contribution in [-0.4, -0.2) is 42.0 Å². The minimum absolute atomic E-state index is 0.0512. The number of nitrogens with one attached hydrogen (secondary N) is 3. The van der Waals surface area contributed by atoms with Crippen molar-refractivity contribution in [1.82, 2.24) is 20.9 Å². The third kappa shape index (κ3) is 3.59. The number of hydrogen-bond donors (Lipinski definition) is 3. The van der Waals surface area contributed by atoms with E-state index in [9.17, 15) is 19.2 Å². The molecule has 0 radical (unpaired) electrons. The fourth-order valence-electron chi connectivity index (χ4n) is 3.83. The van der Waals surface area contributed by atoms with Crippen molar-refractivity contribution in [2.75, 3.05) is 13.2 Å². The minimum Gasteiger partial charge on any atom is -0.467 e. The van der Waals surface area contributed by atoms with E-state index in [-0.39, 0.29) is 24.4 Å². The normalized spacial score (nSPS) is 23.0. The molecule has 2 aliphatic rings. The van der Waals surface area contributed by atoms with Crippen molar-refractivity contribution in [2.45, 2.75) is 25.4 Å². The Morgan fingerprint density at radius 2 is 1.91 bits per heavy atom. The molecule has 4 rings (SSSR count). The lowest BCUT2D eigenvalue weighted by molar-refractivity contribution is -0.139. The predicted molar refractivity (Wildman–Crippen MR) is 111 cm³/mol. The van der Waals surface area contributed by atoms with Crippen molar-refractivity contribution in [2.24, 2.45) is 0 Å². The number of hydrogen-bond acceptors (Lipinski definition) is 6. The maximum Gasteiger partial charge on any atom is 0.338 e. The van der Waals surface area contributed by atoms with Crippen LogP contribution in [0.1, 0.15) is 31.2 Å².